The number of nitrogens with one attached hydrogen (secondary N) is 1. The van der Waals surface area contributed by atoms with Gasteiger partial charge in [-0.05, 0) is 29.3 Å². The summed E-state index contributed by atoms with van der Waals surface area (Å²) >= 11 is 0. The Balaban J connectivity index is 2.22. The van der Waals surface area contributed by atoms with E-state index in [2.05, 4.69) is 15.4 Å². The topological polar surface area (TPSA) is 78.9 Å². The molecule has 0 aliphatic rings. The van der Waals surface area contributed by atoms with Gasteiger partial charge in [0.05, 0.1) is 11.1 Å². The maximum atomic E-state index is 11.2. The van der Waals surface area contributed by atoms with Crippen LogP contribution in [0.5, 0.6) is 0 Å². The van der Waals surface area contributed by atoms with Gasteiger partial charge in [-0.3, -0.25) is 5.10 Å². The first-order valence-electron chi connectivity index (χ1n) is 5.39. The summed E-state index contributed by atoms with van der Waals surface area (Å²) in [5, 5.41) is 19.6. The van der Waals surface area contributed by atoms with Crippen LogP contribution in [0.2, 0.25) is 0 Å². The molecular weight excluding hydrogens is 230 g/mol. The van der Waals surface area contributed by atoms with Crippen LogP contribution in [-0.4, -0.2) is 26.5 Å². The monoisotopic (exact) mass is 239 g/mol. The number of carboxylic acid groups (broad SMARTS) is 1. The lowest BCUT2D eigenvalue weighted by Crippen LogP contribution is -1.98. The summed E-state index contributed by atoms with van der Waals surface area (Å²) in [5.74, 6) is -0.939. The van der Waals surface area contributed by atoms with E-state index in [9.17, 15) is 4.79 Å². The fourth-order valence-corrected chi connectivity index (χ4v) is 1.93. The number of H-pyrrole nitrogens is 1. The molecule has 0 aliphatic carbocycles. The lowest BCUT2D eigenvalue weighted by Gasteiger charge is -2.05. The van der Waals surface area contributed by atoms with Gasteiger partial charge in [-0.25, -0.2) is 4.79 Å². The van der Waals surface area contributed by atoms with Gasteiger partial charge in [-0.1, -0.05) is 29.5 Å². The minimum Gasteiger partial charge on any atom is -0.478 e. The Morgan fingerprint density at radius 2 is 2.00 bits per heavy atom. The van der Waals surface area contributed by atoms with Crippen molar-refractivity contribution in [3.8, 4) is 11.1 Å². The molecule has 2 aromatic carbocycles. The third-order valence-electron chi connectivity index (χ3n) is 2.79. The van der Waals surface area contributed by atoms with Gasteiger partial charge < -0.3 is 5.11 Å². The fourth-order valence-electron chi connectivity index (χ4n) is 1.93. The molecule has 0 atom stereocenters. The van der Waals surface area contributed by atoms with Gasteiger partial charge in [0.25, 0.3) is 0 Å². The molecule has 1 heterocycles. The SMILES string of the molecule is O=C(O)c1ccccc1-c1ccc2[nH]nnc2c1. The van der Waals surface area contributed by atoms with E-state index in [0.717, 1.165) is 11.1 Å². The molecule has 5 heteroatoms. The van der Waals surface area contributed by atoms with E-state index in [-0.39, 0.29) is 5.56 Å². The van der Waals surface area contributed by atoms with E-state index in [4.69, 9.17) is 5.11 Å². The van der Waals surface area contributed by atoms with Crippen LogP contribution >= 0.6 is 0 Å². The van der Waals surface area contributed by atoms with E-state index in [1.807, 2.05) is 24.3 Å². The van der Waals surface area contributed by atoms with Gasteiger partial charge in [-0.15, -0.1) is 5.10 Å². The summed E-state index contributed by atoms with van der Waals surface area (Å²) in [7, 11) is 0. The van der Waals surface area contributed by atoms with Crippen molar-refractivity contribution >= 4 is 17.0 Å². The lowest BCUT2D eigenvalue weighted by atomic mass is 9.99. The zero-order valence-electron chi connectivity index (χ0n) is 9.29. The van der Waals surface area contributed by atoms with Gasteiger partial charge in [0.15, 0.2) is 0 Å². The first-order valence-corrected chi connectivity index (χ1v) is 5.39. The highest BCUT2D eigenvalue weighted by atomic mass is 16.4. The quantitative estimate of drug-likeness (QED) is 0.719. The number of carbonyl (C=O) groups is 1. The highest BCUT2D eigenvalue weighted by Gasteiger charge is 2.11. The van der Waals surface area contributed by atoms with Crippen LogP contribution < -0.4 is 0 Å². The Morgan fingerprint density at radius 3 is 2.83 bits per heavy atom. The van der Waals surface area contributed by atoms with Gasteiger partial charge >= 0.3 is 5.97 Å². The van der Waals surface area contributed by atoms with Gasteiger partial charge in [0.1, 0.15) is 5.52 Å². The normalized spacial score (nSPS) is 10.7. The molecule has 88 valence electrons. The zero-order valence-corrected chi connectivity index (χ0v) is 9.29. The molecule has 5 nitrogen and oxygen atoms in total. The van der Waals surface area contributed by atoms with Crippen molar-refractivity contribution in [1.29, 1.82) is 0 Å². The van der Waals surface area contributed by atoms with Crippen molar-refractivity contribution in [2.24, 2.45) is 0 Å². The molecule has 0 fully saturated rings. The second-order valence-electron chi connectivity index (χ2n) is 3.89. The Labute approximate surface area is 102 Å². The number of carboxylic acids is 1. The Kier molecular flexibility index (Phi) is 2.30. The molecule has 0 bridgehead atoms. The first kappa shape index (κ1) is 10.5. The summed E-state index contributed by atoms with van der Waals surface area (Å²) in [6, 6.07) is 12.4. The maximum Gasteiger partial charge on any atom is 0.336 e. The molecule has 3 aromatic rings. The van der Waals surface area contributed by atoms with Crippen LogP contribution in [0.3, 0.4) is 0 Å². The van der Waals surface area contributed by atoms with Gasteiger partial charge in [-0.2, -0.15) is 0 Å². The van der Waals surface area contributed by atoms with Crippen LogP contribution in [-0.2, 0) is 0 Å². The van der Waals surface area contributed by atoms with E-state index in [0.29, 0.717) is 11.1 Å². The number of aromatic carboxylic acids is 1. The van der Waals surface area contributed by atoms with Gasteiger partial charge in [0, 0.05) is 0 Å². The second kappa shape index (κ2) is 3.96. The van der Waals surface area contributed by atoms with Gasteiger partial charge in [0.2, 0.25) is 0 Å². The Hall–Kier alpha value is -2.69. The van der Waals surface area contributed by atoms with Crippen molar-refractivity contribution in [2.45, 2.75) is 0 Å². The largest absolute Gasteiger partial charge is 0.478 e. The average molecular weight is 239 g/mol. The lowest BCUT2D eigenvalue weighted by molar-refractivity contribution is 0.0697. The van der Waals surface area contributed by atoms with Crippen LogP contribution in [0.25, 0.3) is 22.2 Å². The first-order chi connectivity index (χ1) is 8.75. The highest BCUT2D eigenvalue weighted by Crippen LogP contribution is 2.25. The fraction of sp³-hybridized carbons (Fsp3) is 0. The van der Waals surface area contributed by atoms with Crippen LogP contribution in [0, 0.1) is 0 Å². The van der Waals surface area contributed by atoms with E-state index >= 15 is 0 Å². The molecule has 3 rings (SSSR count). The van der Waals surface area contributed by atoms with Crippen molar-refractivity contribution < 1.29 is 9.90 Å². The van der Waals surface area contributed by atoms with Crippen LogP contribution in [0.4, 0.5) is 0 Å². The number of benzene rings is 2. The summed E-state index contributed by atoms with van der Waals surface area (Å²) < 4.78 is 0. The number of fused-ring (bicyclic) bond motifs is 1. The predicted octanol–water partition coefficient (Wildman–Crippen LogP) is 2.32. The molecule has 0 radical (unpaired) electrons. The van der Waals surface area contributed by atoms with Crippen molar-refractivity contribution in [3.05, 3.63) is 48.0 Å². The standard InChI is InChI=1S/C13H9N3O2/c17-13(18)10-4-2-1-3-9(10)8-5-6-11-12(7-8)15-16-14-11/h1-7H,(H,17,18)(H,14,15,16). The van der Waals surface area contributed by atoms with E-state index in [1.54, 1.807) is 18.2 Å². The molecule has 0 aliphatic heterocycles. The summed E-state index contributed by atoms with van der Waals surface area (Å²) in [4.78, 5) is 11.2. The van der Waals surface area contributed by atoms with E-state index < -0.39 is 5.97 Å². The number of hydrogen-bond donors (Lipinski definition) is 2. The summed E-state index contributed by atoms with van der Waals surface area (Å²) in [6.07, 6.45) is 0. The number of aromatic nitrogens is 3. The minimum atomic E-state index is -0.939. The third-order valence-corrected chi connectivity index (χ3v) is 2.79. The molecule has 0 spiro atoms. The van der Waals surface area contributed by atoms with E-state index in [1.165, 1.54) is 0 Å². The summed E-state index contributed by atoms with van der Waals surface area (Å²) in [6.45, 7) is 0. The molecular formula is C13H9N3O2. The number of aromatic amines is 1. The average Bonchev–Trinajstić information content (AvgIpc) is 2.85. The molecule has 0 saturated heterocycles. The molecule has 0 saturated carbocycles. The molecule has 0 unspecified atom stereocenters. The number of rotatable bonds is 2. The summed E-state index contributed by atoms with van der Waals surface area (Å²) in [5.41, 5.74) is 3.31. The van der Waals surface area contributed by atoms with Crippen molar-refractivity contribution in [3.63, 3.8) is 0 Å². The molecule has 0 amide bonds. The number of nitrogens with zero attached hydrogens (tertiary/aromatic N) is 2. The molecule has 1 aromatic heterocycles. The van der Waals surface area contributed by atoms with Crippen LogP contribution in [0.1, 0.15) is 10.4 Å². The predicted molar refractivity (Wildman–Crippen MR) is 66.3 cm³/mol. The Morgan fingerprint density at radius 1 is 1.17 bits per heavy atom. The Bertz CT molecular complexity index is 734. The van der Waals surface area contributed by atoms with Crippen LogP contribution in [0.15, 0.2) is 42.5 Å². The third kappa shape index (κ3) is 1.62. The molecule has 18 heavy (non-hydrogen) atoms. The highest BCUT2D eigenvalue weighted by molar-refractivity contribution is 5.97. The maximum absolute atomic E-state index is 11.2. The smallest absolute Gasteiger partial charge is 0.336 e. The van der Waals surface area contributed by atoms with Crippen molar-refractivity contribution in [1.82, 2.24) is 15.4 Å². The number of hydrogen-bond acceptors (Lipinski definition) is 3. The zero-order chi connectivity index (χ0) is 12.5. The van der Waals surface area contributed by atoms with Crippen molar-refractivity contribution in [2.75, 3.05) is 0 Å². The minimum absolute atomic E-state index is 0.278. The second-order valence-corrected chi connectivity index (χ2v) is 3.89. The molecule has 2 N–H and O–H groups in total.